The van der Waals surface area contributed by atoms with Crippen LogP contribution in [0.25, 0.3) is 30.6 Å². The molecule has 29 heteroatoms. The van der Waals surface area contributed by atoms with Gasteiger partial charge < -0.3 is 44.8 Å². The number of thiophene rings is 3. The third-order valence-corrected chi connectivity index (χ3v) is 17.7. The zero-order valence-electron chi connectivity index (χ0n) is 36.6. The molecule has 3 fully saturated rings. The number of hydrogen-bond acceptors (Lipinski definition) is 22. The van der Waals surface area contributed by atoms with Crippen LogP contribution in [0.15, 0.2) is 28.8 Å². The van der Waals surface area contributed by atoms with Crippen molar-refractivity contribution in [3.8, 4) is 0 Å². The molecule has 0 bridgehead atoms. The highest BCUT2D eigenvalue weighted by Crippen LogP contribution is 2.52. The number of nitrogens with one attached hydrogen (secondary N) is 3. The molecular formula is C39H45N6O19PS3. The van der Waals surface area contributed by atoms with E-state index in [2.05, 4.69) is 15.0 Å². The molecule has 0 unspecified atom stereocenters. The van der Waals surface area contributed by atoms with Gasteiger partial charge in [0.15, 0.2) is 18.7 Å². The van der Waals surface area contributed by atoms with Crippen molar-refractivity contribution in [2.45, 2.75) is 115 Å². The molecule has 6 aromatic heterocycles. The first kappa shape index (κ1) is 48.7. The molecule has 12 atom stereocenters. The zero-order valence-corrected chi connectivity index (χ0v) is 39.9. The number of H-pyrrole nitrogens is 3. The van der Waals surface area contributed by atoms with Gasteiger partial charge in [0.05, 0.1) is 36.0 Å². The number of aliphatic hydroxyl groups is 6. The summed E-state index contributed by atoms with van der Waals surface area (Å²) in [7, 11) is -5.13. The van der Waals surface area contributed by atoms with E-state index in [1.807, 2.05) is 0 Å². The molecule has 0 radical (unpaired) electrons. The van der Waals surface area contributed by atoms with Crippen molar-refractivity contribution in [2.75, 3.05) is 19.8 Å². The van der Waals surface area contributed by atoms with E-state index in [9.17, 15) is 64.0 Å². The summed E-state index contributed by atoms with van der Waals surface area (Å²) >= 11 is 3.21. The van der Waals surface area contributed by atoms with Crippen LogP contribution in [-0.4, -0.2) is 134 Å². The summed E-state index contributed by atoms with van der Waals surface area (Å²) in [4.78, 5) is 86.8. The Kier molecular flexibility index (Phi) is 12.8. The minimum atomic E-state index is -5.13. The molecule has 0 amide bonds. The van der Waals surface area contributed by atoms with Gasteiger partial charge in [-0.05, 0) is 58.2 Å². The molecule has 0 saturated carbocycles. The Morgan fingerprint density at radius 1 is 0.471 bits per heavy atom. The van der Waals surface area contributed by atoms with E-state index in [-0.39, 0.29) is 30.6 Å². The van der Waals surface area contributed by atoms with Crippen molar-refractivity contribution in [1.82, 2.24) is 28.7 Å². The van der Waals surface area contributed by atoms with E-state index in [1.165, 1.54) is 0 Å². The SMILES string of the molecule is Cc1sc2c(c1C)c(=O)[nH]c(=O)n2[C@@H]1O[C@H](COP(=O)(OC[C@H]2O[C@@H](n3c(=O)[nH]c(=O)c4c(C)c(C)sc43)[C@H](O)[C@@H]2O)OC[C@H]2O[C@@H](n3c(=O)[nH]c(=O)c4c(C)c(C)sc43)[C@H](O)[C@@H]2O)[C@@H](O)[C@H]1O. The Balaban J connectivity index is 0.986. The second-order valence-corrected chi connectivity index (χ2v) is 22.0. The van der Waals surface area contributed by atoms with E-state index in [4.69, 9.17) is 27.8 Å². The maximum Gasteiger partial charge on any atom is 0.475 e. The van der Waals surface area contributed by atoms with Gasteiger partial charge in [-0.2, -0.15) is 0 Å². The number of ether oxygens (including phenoxy) is 3. The number of phosphoric ester groups is 1. The van der Waals surface area contributed by atoms with Gasteiger partial charge in [0, 0.05) is 14.6 Å². The van der Waals surface area contributed by atoms with Crippen LogP contribution >= 0.6 is 41.8 Å². The van der Waals surface area contributed by atoms with Crippen molar-refractivity contribution in [3.63, 3.8) is 0 Å². The molecule has 368 valence electrons. The Bertz CT molecular complexity index is 3070. The highest BCUT2D eigenvalue weighted by Gasteiger charge is 2.50. The summed E-state index contributed by atoms with van der Waals surface area (Å²) < 4.78 is 52.2. The van der Waals surface area contributed by atoms with E-state index in [0.717, 1.165) is 47.7 Å². The minimum absolute atomic E-state index is 0.138. The molecule has 3 aliphatic rings. The van der Waals surface area contributed by atoms with Gasteiger partial charge in [0.2, 0.25) is 0 Å². The summed E-state index contributed by atoms with van der Waals surface area (Å²) in [5, 5.41) is 67.5. The first-order chi connectivity index (χ1) is 32.0. The van der Waals surface area contributed by atoms with Gasteiger partial charge in [-0.3, -0.25) is 56.6 Å². The van der Waals surface area contributed by atoms with Crippen LogP contribution in [0.3, 0.4) is 0 Å². The highest BCUT2D eigenvalue weighted by molar-refractivity contribution is 7.48. The largest absolute Gasteiger partial charge is 0.475 e. The topological polar surface area (TPSA) is 358 Å². The van der Waals surface area contributed by atoms with Crippen LogP contribution in [0, 0.1) is 41.5 Å². The number of aromatic nitrogens is 6. The highest BCUT2D eigenvalue weighted by atomic mass is 32.1. The molecule has 9 rings (SSSR count). The standard InChI is InChI=1S/C39H45N6O19PS3/c1-10-13(4)66-34-19(10)28(52)40-37(55)43(34)31-25(49)22(46)16(62-31)7-59-65(58,60-8-17-23(47)26(50)32(63-17)44-35-20(11(2)14(5)67-35)29(53)41-38(44)56)61-9-18-24(48)27(51)33(64-18)45-36-21(12(3)15(6)68-36)30(54)42-39(45)57/h16-18,22-27,31-33,46-51H,7-9H2,1-6H3,(H,40,52,55)(H,41,53,56)(H,42,54,57)/t16-,17-,18-,22-,23-,24-,25-,26-,27-,31-,32-,33-/m1/s1. The maximum absolute atomic E-state index is 14.7. The lowest BCUT2D eigenvalue weighted by atomic mass is 10.1. The van der Waals surface area contributed by atoms with Gasteiger partial charge in [-0.25, -0.2) is 18.9 Å². The smallest absolute Gasteiger partial charge is 0.387 e. The first-order valence-corrected chi connectivity index (χ1v) is 24.8. The third-order valence-electron chi connectivity index (χ3n) is 12.7. The summed E-state index contributed by atoms with van der Waals surface area (Å²) in [5.41, 5.74) is -3.22. The van der Waals surface area contributed by atoms with Crippen molar-refractivity contribution in [1.29, 1.82) is 0 Å². The fraction of sp³-hybridized carbons (Fsp3) is 0.538. The molecule has 9 heterocycles. The Morgan fingerprint density at radius 2 is 0.721 bits per heavy atom. The summed E-state index contributed by atoms with van der Waals surface area (Å²) in [6, 6.07) is 0. The molecule has 25 nitrogen and oxygen atoms in total. The quantitative estimate of drug-likeness (QED) is 0.0674. The molecule has 9 N–H and O–H groups in total. The van der Waals surface area contributed by atoms with E-state index in [0.29, 0.717) is 31.3 Å². The number of aliphatic hydroxyl groups excluding tert-OH is 6. The van der Waals surface area contributed by atoms with Gasteiger partial charge in [-0.1, -0.05) is 0 Å². The van der Waals surface area contributed by atoms with Crippen LogP contribution in [0.2, 0.25) is 0 Å². The average Bonchev–Trinajstić information content (AvgIpc) is 4.07. The Morgan fingerprint density at radius 3 is 0.971 bits per heavy atom. The zero-order chi connectivity index (χ0) is 49.2. The Hall–Kier alpha value is -4.33. The second-order valence-electron chi connectivity index (χ2n) is 16.8. The number of aryl methyl sites for hydroxylation is 6. The fourth-order valence-corrected chi connectivity index (χ4v) is 13.4. The molecule has 3 aliphatic heterocycles. The van der Waals surface area contributed by atoms with Gasteiger partial charge in [0.1, 0.15) is 69.4 Å². The number of phosphoric acid groups is 1. The van der Waals surface area contributed by atoms with Gasteiger partial charge in [-0.15, -0.1) is 34.0 Å². The first-order valence-electron chi connectivity index (χ1n) is 20.9. The predicted octanol–water partition coefficient (Wildman–Crippen LogP) is -0.853. The number of hydrogen-bond donors (Lipinski definition) is 9. The monoisotopic (exact) mass is 1030 g/mol. The second kappa shape index (κ2) is 17.8. The summed E-state index contributed by atoms with van der Waals surface area (Å²) in [6.07, 6.45) is -20.5. The minimum Gasteiger partial charge on any atom is -0.387 e. The van der Waals surface area contributed by atoms with E-state index >= 15 is 0 Å². The number of nitrogens with zero attached hydrogens (tertiary/aromatic N) is 3. The van der Waals surface area contributed by atoms with Crippen molar-refractivity contribution >= 4 is 72.5 Å². The number of fused-ring (bicyclic) bond motifs is 3. The number of rotatable bonds is 12. The molecule has 68 heavy (non-hydrogen) atoms. The van der Waals surface area contributed by atoms with Crippen LogP contribution < -0.4 is 33.7 Å². The molecule has 0 aliphatic carbocycles. The van der Waals surface area contributed by atoms with E-state index < -0.39 is 135 Å². The van der Waals surface area contributed by atoms with Crippen molar-refractivity contribution < 1.29 is 63.0 Å². The van der Waals surface area contributed by atoms with E-state index in [1.54, 1.807) is 41.5 Å². The summed E-state index contributed by atoms with van der Waals surface area (Å²) in [6.45, 7) is 7.45. The third kappa shape index (κ3) is 7.89. The van der Waals surface area contributed by atoms with Crippen molar-refractivity contribution in [3.05, 3.63) is 93.8 Å². The molecule has 0 spiro atoms. The predicted molar refractivity (Wildman–Crippen MR) is 242 cm³/mol. The van der Waals surface area contributed by atoms with Crippen LogP contribution in [-0.2, 0) is 32.3 Å². The van der Waals surface area contributed by atoms with Crippen LogP contribution in [0.5, 0.6) is 0 Å². The normalized spacial score (nSPS) is 28.9. The van der Waals surface area contributed by atoms with Crippen LogP contribution in [0.4, 0.5) is 0 Å². The molecular weight excluding hydrogens is 984 g/mol. The van der Waals surface area contributed by atoms with Crippen molar-refractivity contribution in [2.24, 2.45) is 0 Å². The molecule has 3 saturated heterocycles. The number of aromatic amines is 3. The van der Waals surface area contributed by atoms with Gasteiger partial charge >= 0.3 is 24.9 Å². The fourth-order valence-electron chi connectivity index (χ4n) is 8.61. The lowest BCUT2D eigenvalue weighted by Gasteiger charge is -2.24. The lowest BCUT2D eigenvalue weighted by Crippen LogP contribution is -2.38. The average molecular weight is 1030 g/mol. The molecule has 6 aromatic rings. The molecule has 0 aromatic carbocycles. The maximum atomic E-state index is 14.7. The van der Waals surface area contributed by atoms with Crippen LogP contribution in [0.1, 0.15) is 50.0 Å². The Labute approximate surface area is 391 Å². The van der Waals surface area contributed by atoms with Gasteiger partial charge in [0.25, 0.3) is 16.7 Å². The lowest BCUT2D eigenvalue weighted by molar-refractivity contribution is -0.0732. The summed E-state index contributed by atoms with van der Waals surface area (Å²) in [5.74, 6) is 0.